The fraction of sp³-hybridized carbons (Fsp3) is 0.400. The van der Waals surface area contributed by atoms with Crippen molar-refractivity contribution in [1.82, 2.24) is 15.5 Å². The number of pyridine rings is 1. The molecule has 1 unspecified atom stereocenters. The van der Waals surface area contributed by atoms with Crippen LogP contribution in [0, 0.1) is 0 Å². The summed E-state index contributed by atoms with van der Waals surface area (Å²) in [5, 5.41) is 6.59. The Morgan fingerprint density at radius 3 is 3.14 bits per heavy atom. The number of carbonyl (C=O) groups excluding carboxylic acids is 1. The molecule has 21 heavy (non-hydrogen) atoms. The van der Waals surface area contributed by atoms with Crippen LogP contribution in [0.3, 0.4) is 0 Å². The average Bonchev–Trinajstić information content (AvgIpc) is 3.23. The zero-order valence-electron chi connectivity index (χ0n) is 11.8. The number of rotatable bonds is 6. The Bertz CT molecular complexity index is 608. The van der Waals surface area contributed by atoms with E-state index in [1.54, 1.807) is 24.5 Å². The quantitative estimate of drug-likeness (QED) is 0.880. The van der Waals surface area contributed by atoms with Crippen molar-refractivity contribution < 1.29 is 14.1 Å². The molecule has 1 aliphatic carbocycles. The lowest BCUT2D eigenvalue weighted by molar-refractivity contribution is 0.0923. The van der Waals surface area contributed by atoms with E-state index in [-0.39, 0.29) is 12.0 Å². The van der Waals surface area contributed by atoms with Crippen LogP contribution in [0.5, 0.6) is 5.75 Å². The first-order chi connectivity index (χ1) is 10.2. The second kappa shape index (κ2) is 5.95. The van der Waals surface area contributed by atoms with E-state index in [2.05, 4.69) is 15.5 Å². The Kier molecular flexibility index (Phi) is 3.85. The van der Waals surface area contributed by atoms with Crippen LogP contribution in [0.1, 0.15) is 41.9 Å². The van der Waals surface area contributed by atoms with Crippen molar-refractivity contribution in [3.05, 3.63) is 42.0 Å². The molecule has 0 aliphatic heterocycles. The summed E-state index contributed by atoms with van der Waals surface area (Å²) in [6, 6.07) is 5.35. The summed E-state index contributed by atoms with van der Waals surface area (Å²) in [5.74, 6) is 1.69. The molecule has 2 aromatic heterocycles. The fourth-order valence-corrected chi connectivity index (χ4v) is 1.97. The zero-order valence-corrected chi connectivity index (χ0v) is 11.8. The zero-order chi connectivity index (χ0) is 14.7. The van der Waals surface area contributed by atoms with Crippen molar-refractivity contribution in [3.8, 4) is 5.75 Å². The Labute approximate surface area is 122 Å². The van der Waals surface area contributed by atoms with Gasteiger partial charge in [-0.3, -0.25) is 9.78 Å². The topological polar surface area (TPSA) is 77.2 Å². The van der Waals surface area contributed by atoms with E-state index < -0.39 is 0 Å². The maximum absolute atomic E-state index is 12.0. The van der Waals surface area contributed by atoms with Gasteiger partial charge in [0, 0.05) is 18.2 Å². The molecule has 6 heteroatoms. The smallest absolute Gasteiger partial charge is 0.273 e. The van der Waals surface area contributed by atoms with Gasteiger partial charge in [0.05, 0.1) is 12.7 Å². The molecule has 1 N–H and O–H groups in total. The standard InChI is InChI=1S/C15H17N3O3/c1-10(20-12-3-2-6-16-9-12)8-17-15(19)13-7-14(21-18-13)11-4-5-11/h2-3,6-7,9-11H,4-5,8H2,1H3,(H,17,19). The van der Waals surface area contributed by atoms with E-state index in [0.29, 0.717) is 23.9 Å². The van der Waals surface area contributed by atoms with Gasteiger partial charge in [-0.15, -0.1) is 0 Å². The lowest BCUT2D eigenvalue weighted by Gasteiger charge is -2.14. The first kappa shape index (κ1) is 13.6. The average molecular weight is 287 g/mol. The third kappa shape index (κ3) is 3.59. The van der Waals surface area contributed by atoms with Crippen LogP contribution in [0.25, 0.3) is 0 Å². The molecule has 0 radical (unpaired) electrons. The first-order valence-electron chi connectivity index (χ1n) is 7.04. The molecule has 0 bridgehead atoms. The van der Waals surface area contributed by atoms with Crippen molar-refractivity contribution in [2.45, 2.75) is 31.8 Å². The minimum atomic E-state index is -0.243. The number of hydrogen-bond donors (Lipinski definition) is 1. The number of aromatic nitrogens is 2. The normalized spacial score (nSPS) is 15.5. The van der Waals surface area contributed by atoms with Gasteiger partial charge in [-0.2, -0.15) is 0 Å². The third-order valence-corrected chi connectivity index (χ3v) is 3.26. The molecule has 6 nitrogen and oxygen atoms in total. The first-order valence-corrected chi connectivity index (χ1v) is 7.04. The van der Waals surface area contributed by atoms with Crippen molar-refractivity contribution in [2.24, 2.45) is 0 Å². The van der Waals surface area contributed by atoms with Crippen LogP contribution in [-0.2, 0) is 0 Å². The van der Waals surface area contributed by atoms with Crippen LogP contribution < -0.4 is 10.1 Å². The molecule has 2 aromatic rings. The lowest BCUT2D eigenvalue weighted by atomic mass is 10.2. The highest BCUT2D eigenvalue weighted by Crippen LogP contribution is 2.40. The Balaban J connectivity index is 1.48. The van der Waals surface area contributed by atoms with E-state index in [0.717, 1.165) is 18.6 Å². The monoisotopic (exact) mass is 287 g/mol. The maximum atomic E-state index is 12.0. The number of carbonyl (C=O) groups is 1. The summed E-state index contributed by atoms with van der Waals surface area (Å²) in [6.45, 7) is 2.27. The molecule has 0 aromatic carbocycles. The molecule has 0 saturated heterocycles. The minimum absolute atomic E-state index is 0.159. The number of hydrogen-bond acceptors (Lipinski definition) is 5. The number of amides is 1. The van der Waals surface area contributed by atoms with Crippen molar-refractivity contribution in [1.29, 1.82) is 0 Å². The molecular weight excluding hydrogens is 270 g/mol. The van der Waals surface area contributed by atoms with Crippen LogP contribution in [0.15, 0.2) is 35.1 Å². The van der Waals surface area contributed by atoms with Gasteiger partial charge in [-0.05, 0) is 31.9 Å². The Morgan fingerprint density at radius 2 is 2.43 bits per heavy atom. The van der Waals surface area contributed by atoms with Crippen molar-refractivity contribution >= 4 is 5.91 Å². The summed E-state index contributed by atoms with van der Waals surface area (Å²) < 4.78 is 10.8. The number of ether oxygens (including phenoxy) is 1. The highest BCUT2D eigenvalue weighted by atomic mass is 16.5. The second-order valence-corrected chi connectivity index (χ2v) is 5.22. The molecule has 110 valence electrons. The van der Waals surface area contributed by atoms with E-state index in [9.17, 15) is 4.79 Å². The molecule has 1 fully saturated rings. The van der Waals surface area contributed by atoms with Crippen LogP contribution >= 0.6 is 0 Å². The third-order valence-electron chi connectivity index (χ3n) is 3.26. The van der Waals surface area contributed by atoms with Gasteiger partial charge >= 0.3 is 0 Å². The molecule has 1 atom stereocenters. The van der Waals surface area contributed by atoms with E-state index in [4.69, 9.17) is 9.26 Å². The van der Waals surface area contributed by atoms with Crippen LogP contribution in [-0.4, -0.2) is 28.7 Å². The van der Waals surface area contributed by atoms with Gasteiger partial charge in [0.2, 0.25) is 0 Å². The van der Waals surface area contributed by atoms with Gasteiger partial charge in [-0.1, -0.05) is 5.16 Å². The fourth-order valence-electron chi connectivity index (χ4n) is 1.97. The van der Waals surface area contributed by atoms with E-state index in [1.807, 2.05) is 13.0 Å². The van der Waals surface area contributed by atoms with Gasteiger partial charge in [0.25, 0.3) is 5.91 Å². The Morgan fingerprint density at radius 1 is 1.57 bits per heavy atom. The number of nitrogens with zero attached hydrogens (tertiary/aromatic N) is 2. The molecule has 1 saturated carbocycles. The predicted molar refractivity (Wildman–Crippen MR) is 75.1 cm³/mol. The molecule has 3 rings (SSSR count). The number of nitrogens with one attached hydrogen (secondary N) is 1. The largest absolute Gasteiger partial charge is 0.487 e. The SMILES string of the molecule is CC(CNC(=O)c1cc(C2CC2)on1)Oc1cccnc1. The molecule has 2 heterocycles. The minimum Gasteiger partial charge on any atom is -0.487 e. The summed E-state index contributed by atoms with van der Waals surface area (Å²) in [4.78, 5) is 15.9. The van der Waals surface area contributed by atoms with Gasteiger partial charge in [0.15, 0.2) is 5.69 Å². The molecule has 1 amide bonds. The van der Waals surface area contributed by atoms with E-state index in [1.165, 1.54) is 0 Å². The van der Waals surface area contributed by atoms with Gasteiger partial charge in [-0.25, -0.2) is 0 Å². The molecule has 0 spiro atoms. The summed E-state index contributed by atoms with van der Waals surface area (Å²) in [6.07, 6.45) is 5.39. The molecule has 1 aliphatic rings. The lowest BCUT2D eigenvalue weighted by Crippen LogP contribution is -2.33. The maximum Gasteiger partial charge on any atom is 0.273 e. The van der Waals surface area contributed by atoms with Crippen molar-refractivity contribution in [2.75, 3.05) is 6.54 Å². The van der Waals surface area contributed by atoms with E-state index >= 15 is 0 Å². The second-order valence-electron chi connectivity index (χ2n) is 5.22. The highest BCUT2D eigenvalue weighted by molar-refractivity contribution is 5.92. The Hall–Kier alpha value is -2.37. The summed E-state index contributed by atoms with van der Waals surface area (Å²) in [5.41, 5.74) is 0.325. The van der Waals surface area contributed by atoms with Gasteiger partial charge in [0.1, 0.15) is 17.6 Å². The van der Waals surface area contributed by atoms with Crippen LogP contribution in [0.2, 0.25) is 0 Å². The highest BCUT2D eigenvalue weighted by Gasteiger charge is 2.28. The van der Waals surface area contributed by atoms with Crippen molar-refractivity contribution in [3.63, 3.8) is 0 Å². The molecular formula is C15H17N3O3. The summed E-state index contributed by atoms with van der Waals surface area (Å²) in [7, 11) is 0. The van der Waals surface area contributed by atoms with Gasteiger partial charge < -0.3 is 14.6 Å². The van der Waals surface area contributed by atoms with Crippen LogP contribution in [0.4, 0.5) is 0 Å². The predicted octanol–water partition coefficient (Wildman–Crippen LogP) is 2.14. The summed E-state index contributed by atoms with van der Waals surface area (Å²) >= 11 is 0.